The predicted octanol–water partition coefficient (Wildman–Crippen LogP) is 1.20. The first-order chi connectivity index (χ1) is 10.6. The molecule has 2 heterocycles. The van der Waals surface area contributed by atoms with Crippen LogP contribution in [0.3, 0.4) is 0 Å². The minimum absolute atomic E-state index is 0.00407. The Labute approximate surface area is 137 Å². The molecule has 0 aromatic heterocycles. The van der Waals surface area contributed by atoms with E-state index in [0.29, 0.717) is 32.2 Å². The van der Waals surface area contributed by atoms with E-state index >= 15 is 0 Å². The van der Waals surface area contributed by atoms with Gasteiger partial charge in [-0.25, -0.2) is 4.79 Å². The number of aliphatic carboxylic acids is 1. The van der Waals surface area contributed by atoms with Gasteiger partial charge in [-0.05, 0) is 53.0 Å². The van der Waals surface area contributed by atoms with E-state index in [0.717, 1.165) is 6.54 Å². The van der Waals surface area contributed by atoms with Crippen LogP contribution in [0.1, 0.15) is 46.5 Å². The lowest BCUT2D eigenvalue weighted by molar-refractivity contribution is -0.181. The van der Waals surface area contributed by atoms with Crippen molar-refractivity contribution in [1.82, 2.24) is 10.2 Å². The van der Waals surface area contributed by atoms with Crippen LogP contribution in [0.25, 0.3) is 0 Å². The van der Waals surface area contributed by atoms with E-state index in [2.05, 4.69) is 5.32 Å². The molecule has 2 aliphatic rings. The van der Waals surface area contributed by atoms with Gasteiger partial charge in [0.05, 0.1) is 12.1 Å². The van der Waals surface area contributed by atoms with Gasteiger partial charge in [-0.1, -0.05) is 0 Å². The number of hydrogen-bond donors (Lipinski definition) is 3. The molecule has 1 amide bonds. The molecule has 2 atom stereocenters. The molecule has 2 saturated heterocycles. The number of rotatable bonds is 2. The number of carbonyl (C=O) groups excluding carboxylic acids is 1. The number of nitrogens with zero attached hydrogens (tertiary/aromatic N) is 1. The third-order valence-electron chi connectivity index (χ3n) is 4.81. The van der Waals surface area contributed by atoms with Crippen molar-refractivity contribution in [1.29, 1.82) is 0 Å². The van der Waals surface area contributed by atoms with Crippen LogP contribution in [0.5, 0.6) is 0 Å². The molecule has 0 spiro atoms. The largest absolute Gasteiger partial charge is 0.481 e. The zero-order chi connectivity index (χ0) is 17.3. The minimum Gasteiger partial charge on any atom is -0.481 e. The molecule has 0 radical (unpaired) electrons. The molecule has 2 fully saturated rings. The van der Waals surface area contributed by atoms with Crippen LogP contribution >= 0.6 is 0 Å². The fourth-order valence-electron chi connectivity index (χ4n) is 3.59. The average Bonchev–Trinajstić information content (AvgIpc) is 2.46. The molecule has 0 bridgehead atoms. The Hall–Kier alpha value is -1.34. The Morgan fingerprint density at radius 1 is 1.22 bits per heavy atom. The Balaban J connectivity index is 2.20. The van der Waals surface area contributed by atoms with Gasteiger partial charge < -0.3 is 25.2 Å². The smallest absolute Gasteiger partial charge is 0.410 e. The van der Waals surface area contributed by atoms with Gasteiger partial charge >= 0.3 is 12.1 Å². The summed E-state index contributed by atoms with van der Waals surface area (Å²) in [7, 11) is 0. The van der Waals surface area contributed by atoms with Gasteiger partial charge in [0, 0.05) is 13.1 Å². The van der Waals surface area contributed by atoms with Crippen molar-refractivity contribution in [2.75, 3.05) is 26.2 Å². The van der Waals surface area contributed by atoms with Gasteiger partial charge in [-0.3, -0.25) is 4.79 Å². The fraction of sp³-hybridized carbons (Fsp3) is 0.875. The zero-order valence-corrected chi connectivity index (χ0v) is 14.2. The first-order valence-corrected chi connectivity index (χ1v) is 8.24. The molecule has 0 aromatic rings. The summed E-state index contributed by atoms with van der Waals surface area (Å²) in [6, 6.07) is 0. The maximum Gasteiger partial charge on any atom is 0.410 e. The SMILES string of the molecule is CC(C)(C)OC(=O)N1CCCC(O)(C2(C(=O)O)CCCNC2)C1. The summed E-state index contributed by atoms with van der Waals surface area (Å²) in [4.78, 5) is 25.7. The number of β-amino-alcohol motifs (C(OH)–C–C–N with tert-alkyl or cyclic N) is 1. The molecular weight excluding hydrogens is 300 g/mol. The summed E-state index contributed by atoms with van der Waals surface area (Å²) in [5.74, 6) is -1.00. The van der Waals surface area contributed by atoms with Crippen molar-refractivity contribution in [3.63, 3.8) is 0 Å². The second kappa shape index (κ2) is 6.28. The monoisotopic (exact) mass is 328 g/mol. The van der Waals surface area contributed by atoms with Gasteiger partial charge in [0.1, 0.15) is 11.0 Å². The molecule has 0 aliphatic carbocycles. The molecule has 7 nitrogen and oxygen atoms in total. The molecule has 0 saturated carbocycles. The second-order valence-corrected chi connectivity index (χ2v) is 7.70. The predicted molar refractivity (Wildman–Crippen MR) is 84.2 cm³/mol. The number of amides is 1. The molecule has 2 unspecified atom stereocenters. The van der Waals surface area contributed by atoms with E-state index in [-0.39, 0.29) is 13.1 Å². The van der Waals surface area contributed by atoms with Crippen molar-refractivity contribution in [2.24, 2.45) is 5.41 Å². The molecule has 7 heteroatoms. The lowest BCUT2D eigenvalue weighted by atomic mass is 9.64. The van der Waals surface area contributed by atoms with Crippen LogP contribution in [0, 0.1) is 5.41 Å². The molecule has 23 heavy (non-hydrogen) atoms. The van der Waals surface area contributed by atoms with Crippen molar-refractivity contribution in [2.45, 2.75) is 57.7 Å². The highest BCUT2D eigenvalue weighted by Crippen LogP contribution is 2.43. The number of carboxylic acids is 1. The molecule has 132 valence electrons. The van der Waals surface area contributed by atoms with Crippen LogP contribution in [-0.2, 0) is 9.53 Å². The Kier molecular flexibility index (Phi) is 4.92. The van der Waals surface area contributed by atoms with Gasteiger partial charge in [0.15, 0.2) is 0 Å². The summed E-state index contributed by atoms with van der Waals surface area (Å²) in [5, 5.41) is 24.0. The van der Waals surface area contributed by atoms with Crippen LogP contribution in [0.15, 0.2) is 0 Å². The van der Waals surface area contributed by atoms with E-state index in [4.69, 9.17) is 4.74 Å². The number of carbonyl (C=O) groups is 2. The van der Waals surface area contributed by atoms with Crippen molar-refractivity contribution in [3.05, 3.63) is 0 Å². The summed E-state index contributed by atoms with van der Waals surface area (Å²) in [6.45, 7) is 6.79. The molecule has 2 aliphatic heterocycles. The number of likely N-dealkylation sites (tertiary alicyclic amines) is 1. The first-order valence-electron chi connectivity index (χ1n) is 8.24. The van der Waals surface area contributed by atoms with Crippen molar-refractivity contribution < 1.29 is 24.5 Å². The van der Waals surface area contributed by atoms with Gasteiger partial charge in [-0.2, -0.15) is 0 Å². The minimum atomic E-state index is -1.44. The zero-order valence-electron chi connectivity index (χ0n) is 14.2. The van der Waals surface area contributed by atoms with Gasteiger partial charge in [0.25, 0.3) is 0 Å². The van der Waals surface area contributed by atoms with E-state index in [1.54, 1.807) is 20.8 Å². The Morgan fingerprint density at radius 2 is 1.91 bits per heavy atom. The fourth-order valence-corrected chi connectivity index (χ4v) is 3.59. The average molecular weight is 328 g/mol. The van der Waals surface area contributed by atoms with Gasteiger partial charge in [0.2, 0.25) is 0 Å². The van der Waals surface area contributed by atoms with E-state index in [1.165, 1.54) is 4.90 Å². The number of ether oxygens (including phenoxy) is 1. The second-order valence-electron chi connectivity index (χ2n) is 7.70. The highest BCUT2D eigenvalue weighted by molar-refractivity contribution is 5.77. The highest BCUT2D eigenvalue weighted by Gasteiger charge is 2.58. The summed E-state index contributed by atoms with van der Waals surface area (Å²) in [5.41, 5.74) is -3.32. The van der Waals surface area contributed by atoms with Crippen LogP contribution in [-0.4, -0.2) is 64.6 Å². The third kappa shape index (κ3) is 3.61. The Morgan fingerprint density at radius 3 is 2.43 bits per heavy atom. The third-order valence-corrected chi connectivity index (χ3v) is 4.81. The molecule has 3 N–H and O–H groups in total. The summed E-state index contributed by atoms with van der Waals surface area (Å²) < 4.78 is 5.36. The van der Waals surface area contributed by atoms with Gasteiger partial charge in [-0.15, -0.1) is 0 Å². The number of aliphatic hydroxyl groups is 1. The summed E-state index contributed by atoms with van der Waals surface area (Å²) >= 11 is 0. The van der Waals surface area contributed by atoms with Crippen molar-refractivity contribution >= 4 is 12.1 Å². The molecular formula is C16H28N2O5. The molecule has 0 aromatic carbocycles. The number of hydrogen-bond acceptors (Lipinski definition) is 5. The topological polar surface area (TPSA) is 99.1 Å². The number of nitrogens with one attached hydrogen (secondary N) is 1. The van der Waals surface area contributed by atoms with Crippen LogP contribution in [0.2, 0.25) is 0 Å². The van der Waals surface area contributed by atoms with E-state index in [1.807, 2.05) is 0 Å². The number of carboxylic acid groups (broad SMARTS) is 1. The van der Waals surface area contributed by atoms with E-state index in [9.17, 15) is 19.8 Å². The molecule has 2 rings (SSSR count). The summed E-state index contributed by atoms with van der Waals surface area (Å²) in [6.07, 6.45) is 1.54. The lowest BCUT2D eigenvalue weighted by Crippen LogP contribution is -2.66. The highest BCUT2D eigenvalue weighted by atomic mass is 16.6. The van der Waals surface area contributed by atoms with Crippen LogP contribution in [0.4, 0.5) is 4.79 Å². The first kappa shape index (κ1) is 18.0. The quantitative estimate of drug-likeness (QED) is 0.704. The number of piperidine rings is 2. The maximum absolute atomic E-state index is 12.3. The lowest BCUT2D eigenvalue weighted by Gasteiger charge is -2.50. The Bertz CT molecular complexity index is 468. The normalized spacial score (nSPS) is 32.4. The standard InChI is InChI=1S/C16H28N2O5/c1-14(2,3)23-13(21)18-9-5-7-16(22,11-18)15(12(19)20)6-4-8-17-10-15/h17,22H,4-11H2,1-3H3,(H,19,20). The van der Waals surface area contributed by atoms with Crippen LogP contribution < -0.4 is 5.32 Å². The van der Waals surface area contributed by atoms with Crippen molar-refractivity contribution in [3.8, 4) is 0 Å². The maximum atomic E-state index is 12.3. The van der Waals surface area contributed by atoms with E-state index < -0.39 is 28.7 Å².